The summed E-state index contributed by atoms with van der Waals surface area (Å²) >= 11 is 0. The van der Waals surface area contributed by atoms with Crippen molar-refractivity contribution in [1.29, 1.82) is 0 Å². The number of likely N-dealkylation sites (tertiary alicyclic amines) is 1. The third-order valence-corrected chi connectivity index (χ3v) is 3.84. The maximum absolute atomic E-state index is 11.3. The zero-order valence-electron chi connectivity index (χ0n) is 10.8. The van der Waals surface area contributed by atoms with Gasteiger partial charge in [0.1, 0.15) is 0 Å². The zero-order valence-corrected chi connectivity index (χ0v) is 10.8. The van der Waals surface area contributed by atoms with Gasteiger partial charge in [-0.15, -0.1) is 0 Å². The third kappa shape index (κ3) is 3.21. The minimum absolute atomic E-state index is 0.558. The first-order chi connectivity index (χ1) is 7.51. The predicted molar refractivity (Wildman–Crippen MR) is 65.5 cm³/mol. The van der Waals surface area contributed by atoms with E-state index in [2.05, 4.69) is 18.7 Å². The molecule has 1 aliphatic heterocycles. The van der Waals surface area contributed by atoms with Gasteiger partial charge in [-0.1, -0.05) is 26.7 Å². The summed E-state index contributed by atoms with van der Waals surface area (Å²) in [6.45, 7) is 9.04. The Labute approximate surface area is 98.8 Å². The monoisotopic (exact) mass is 227 g/mol. The van der Waals surface area contributed by atoms with Crippen LogP contribution in [-0.4, -0.2) is 35.6 Å². The summed E-state index contributed by atoms with van der Waals surface area (Å²) < 4.78 is 0. The summed E-state index contributed by atoms with van der Waals surface area (Å²) in [7, 11) is 0. The summed E-state index contributed by atoms with van der Waals surface area (Å²) in [5, 5.41) is 9.32. The lowest BCUT2D eigenvalue weighted by Gasteiger charge is -2.29. The van der Waals surface area contributed by atoms with Crippen molar-refractivity contribution in [3.63, 3.8) is 0 Å². The molecular weight excluding hydrogens is 202 g/mol. The van der Waals surface area contributed by atoms with Crippen LogP contribution in [0.1, 0.15) is 46.5 Å². The molecule has 1 rings (SSSR count). The number of hydrogen-bond donors (Lipinski definition) is 1. The quantitative estimate of drug-likeness (QED) is 0.758. The van der Waals surface area contributed by atoms with Gasteiger partial charge in [-0.2, -0.15) is 0 Å². The van der Waals surface area contributed by atoms with E-state index >= 15 is 0 Å². The van der Waals surface area contributed by atoms with Crippen LogP contribution in [0, 0.1) is 11.3 Å². The van der Waals surface area contributed by atoms with E-state index in [1.165, 1.54) is 12.8 Å². The molecule has 2 unspecified atom stereocenters. The average Bonchev–Trinajstić information content (AvgIpc) is 2.65. The predicted octanol–water partition coefficient (Wildman–Crippen LogP) is 2.61. The van der Waals surface area contributed by atoms with E-state index in [1.807, 2.05) is 6.92 Å². The Kier molecular flexibility index (Phi) is 4.78. The fraction of sp³-hybridized carbons (Fsp3) is 0.923. The Bertz CT molecular complexity index is 242. The van der Waals surface area contributed by atoms with Crippen LogP contribution in [0.4, 0.5) is 0 Å². The largest absolute Gasteiger partial charge is 0.481 e. The second kappa shape index (κ2) is 5.67. The molecule has 94 valence electrons. The Balaban J connectivity index is 2.53. The first-order valence-corrected chi connectivity index (χ1v) is 6.47. The molecule has 0 aromatic rings. The molecule has 1 heterocycles. The van der Waals surface area contributed by atoms with Crippen molar-refractivity contribution < 1.29 is 9.90 Å². The van der Waals surface area contributed by atoms with Crippen LogP contribution in [0.25, 0.3) is 0 Å². The summed E-state index contributed by atoms with van der Waals surface area (Å²) in [4.78, 5) is 13.7. The minimum Gasteiger partial charge on any atom is -0.481 e. The third-order valence-electron chi connectivity index (χ3n) is 3.84. The molecule has 0 radical (unpaired) electrons. The molecule has 1 fully saturated rings. The molecule has 0 aliphatic carbocycles. The Morgan fingerprint density at radius 1 is 1.50 bits per heavy atom. The molecule has 0 aromatic heterocycles. The number of rotatable bonds is 6. The van der Waals surface area contributed by atoms with Gasteiger partial charge in [0.05, 0.1) is 5.41 Å². The molecule has 0 amide bonds. The summed E-state index contributed by atoms with van der Waals surface area (Å²) in [6.07, 6.45) is 4.16. The number of hydrogen-bond acceptors (Lipinski definition) is 2. The van der Waals surface area contributed by atoms with E-state index in [9.17, 15) is 9.90 Å². The molecule has 3 heteroatoms. The van der Waals surface area contributed by atoms with Gasteiger partial charge in [-0.3, -0.25) is 4.79 Å². The minimum atomic E-state index is -0.644. The topological polar surface area (TPSA) is 40.5 Å². The lowest BCUT2D eigenvalue weighted by molar-refractivity contribution is -0.149. The molecule has 3 nitrogen and oxygen atoms in total. The molecule has 0 spiro atoms. The molecular formula is C13H25NO2. The number of carbonyl (C=O) groups is 1. The van der Waals surface area contributed by atoms with Crippen LogP contribution in [0.5, 0.6) is 0 Å². The number of aliphatic carboxylic acids is 1. The van der Waals surface area contributed by atoms with E-state index in [0.717, 1.165) is 31.8 Å². The Hall–Kier alpha value is -0.570. The van der Waals surface area contributed by atoms with E-state index in [-0.39, 0.29) is 0 Å². The first-order valence-electron chi connectivity index (χ1n) is 6.47. The molecule has 1 saturated heterocycles. The van der Waals surface area contributed by atoms with Crippen molar-refractivity contribution in [2.24, 2.45) is 11.3 Å². The molecule has 16 heavy (non-hydrogen) atoms. The van der Waals surface area contributed by atoms with E-state index in [4.69, 9.17) is 0 Å². The highest BCUT2D eigenvalue weighted by atomic mass is 16.4. The van der Waals surface area contributed by atoms with Crippen LogP contribution in [0.2, 0.25) is 0 Å². The highest BCUT2D eigenvalue weighted by Gasteiger charge is 2.36. The van der Waals surface area contributed by atoms with Crippen molar-refractivity contribution in [2.75, 3.05) is 19.6 Å². The molecule has 0 aromatic carbocycles. The fourth-order valence-electron chi connectivity index (χ4n) is 2.69. The van der Waals surface area contributed by atoms with Gasteiger partial charge in [-0.05, 0) is 32.2 Å². The van der Waals surface area contributed by atoms with Crippen LogP contribution >= 0.6 is 0 Å². The fourth-order valence-corrected chi connectivity index (χ4v) is 2.69. The van der Waals surface area contributed by atoms with Gasteiger partial charge in [0.2, 0.25) is 0 Å². The molecule has 0 saturated carbocycles. The summed E-state index contributed by atoms with van der Waals surface area (Å²) in [5.41, 5.74) is -0.558. The number of carboxylic acid groups (broad SMARTS) is 1. The highest BCUT2D eigenvalue weighted by molar-refractivity contribution is 5.74. The van der Waals surface area contributed by atoms with Gasteiger partial charge in [0, 0.05) is 13.1 Å². The summed E-state index contributed by atoms with van der Waals surface area (Å²) in [5.74, 6) is 0.133. The lowest BCUT2D eigenvalue weighted by Crippen LogP contribution is -2.40. The smallest absolute Gasteiger partial charge is 0.310 e. The second-order valence-electron chi connectivity index (χ2n) is 5.41. The standard InChI is InChI=1S/C13H25NO2/c1-4-7-13(3,12(15)16)10-14-8-6-11(5-2)9-14/h11H,4-10H2,1-3H3,(H,15,16). The lowest BCUT2D eigenvalue weighted by atomic mass is 9.85. The maximum atomic E-state index is 11.3. The van der Waals surface area contributed by atoms with E-state index in [1.54, 1.807) is 0 Å². The Morgan fingerprint density at radius 2 is 2.19 bits per heavy atom. The number of carboxylic acids is 1. The van der Waals surface area contributed by atoms with Crippen molar-refractivity contribution >= 4 is 5.97 Å². The molecule has 0 bridgehead atoms. The first kappa shape index (κ1) is 13.5. The van der Waals surface area contributed by atoms with Gasteiger partial charge in [0.15, 0.2) is 0 Å². The average molecular weight is 227 g/mol. The zero-order chi connectivity index (χ0) is 12.2. The molecule has 2 atom stereocenters. The molecule has 1 N–H and O–H groups in total. The van der Waals surface area contributed by atoms with Crippen LogP contribution in [0.3, 0.4) is 0 Å². The van der Waals surface area contributed by atoms with Crippen LogP contribution in [0.15, 0.2) is 0 Å². The van der Waals surface area contributed by atoms with Crippen molar-refractivity contribution in [2.45, 2.75) is 46.5 Å². The van der Waals surface area contributed by atoms with Crippen molar-refractivity contribution in [3.8, 4) is 0 Å². The van der Waals surface area contributed by atoms with E-state index < -0.39 is 11.4 Å². The van der Waals surface area contributed by atoms with Gasteiger partial charge >= 0.3 is 5.97 Å². The summed E-state index contributed by atoms with van der Waals surface area (Å²) in [6, 6.07) is 0. The normalized spacial score (nSPS) is 25.6. The van der Waals surface area contributed by atoms with Gasteiger partial charge in [0.25, 0.3) is 0 Å². The number of nitrogens with zero attached hydrogens (tertiary/aromatic N) is 1. The van der Waals surface area contributed by atoms with Crippen LogP contribution < -0.4 is 0 Å². The van der Waals surface area contributed by atoms with Gasteiger partial charge in [-0.25, -0.2) is 0 Å². The van der Waals surface area contributed by atoms with Crippen molar-refractivity contribution in [1.82, 2.24) is 4.90 Å². The second-order valence-corrected chi connectivity index (χ2v) is 5.41. The molecule has 1 aliphatic rings. The van der Waals surface area contributed by atoms with Crippen LogP contribution in [-0.2, 0) is 4.79 Å². The van der Waals surface area contributed by atoms with Crippen molar-refractivity contribution in [3.05, 3.63) is 0 Å². The maximum Gasteiger partial charge on any atom is 0.310 e. The van der Waals surface area contributed by atoms with Gasteiger partial charge < -0.3 is 10.0 Å². The Morgan fingerprint density at radius 3 is 2.62 bits per heavy atom. The highest BCUT2D eigenvalue weighted by Crippen LogP contribution is 2.28. The van der Waals surface area contributed by atoms with E-state index in [0.29, 0.717) is 6.54 Å². The SMILES string of the molecule is CCCC(C)(CN1CCC(CC)C1)C(=O)O.